The molecule has 3 N–H and O–H groups in total. The van der Waals surface area contributed by atoms with Crippen molar-refractivity contribution < 1.29 is 22.7 Å². The Bertz CT molecular complexity index is 1310. The van der Waals surface area contributed by atoms with E-state index >= 15 is 0 Å². The lowest BCUT2D eigenvalue weighted by Crippen LogP contribution is -2.16. The number of anilines is 3. The number of benzene rings is 3. The minimum Gasteiger partial charge on any atom is -0.494 e. The van der Waals surface area contributed by atoms with E-state index in [-0.39, 0.29) is 33.2 Å². The monoisotopic (exact) mass is 487 g/mol. The van der Waals surface area contributed by atoms with Crippen LogP contribution in [0.4, 0.5) is 17.1 Å². The van der Waals surface area contributed by atoms with Gasteiger partial charge in [-0.1, -0.05) is 29.8 Å². The average Bonchev–Trinajstić information content (AvgIpc) is 2.77. The number of amides is 2. The number of rotatable bonds is 7. The number of carbonyl (C=O) groups excluding carboxylic acids is 2. The summed E-state index contributed by atoms with van der Waals surface area (Å²) in [6.07, 6.45) is 0. The van der Waals surface area contributed by atoms with Crippen LogP contribution in [0.25, 0.3) is 0 Å². The van der Waals surface area contributed by atoms with Crippen molar-refractivity contribution in [1.29, 1.82) is 0 Å². The lowest BCUT2D eigenvalue weighted by Gasteiger charge is -2.16. The molecule has 0 aliphatic rings. The zero-order chi connectivity index (χ0) is 24.2. The Morgan fingerprint density at radius 3 is 2.21 bits per heavy atom. The zero-order valence-corrected chi connectivity index (χ0v) is 19.7. The van der Waals surface area contributed by atoms with Crippen LogP contribution in [0, 0.1) is 6.92 Å². The van der Waals surface area contributed by atoms with Gasteiger partial charge < -0.3 is 15.4 Å². The number of halogens is 1. The van der Waals surface area contributed by atoms with E-state index in [1.165, 1.54) is 32.2 Å². The molecule has 0 aliphatic heterocycles. The van der Waals surface area contributed by atoms with Gasteiger partial charge in [-0.15, -0.1) is 0 Å². The Morgan fingerprint density at radius 2 is 1.61 bits per heavy atom. The van der Waals surface area contributed by atoms with Gasteiger partial charge in [0.2, 0.25) is 5.91 Å². The number of hydrogen-bond donors (Lipinski definition) is 3. The van der Waals surface area contributed by atoms with Crippen molar-refractivity contribution in [2.24, 2.45) is 0 Å². The van der Waals surface area contributed by atoms with Gasteiger partial charge in [0.05, 0.1) is 28.4 Å². The van der Waals surface area contributed by atoms with Gasteiger partial charge in [-0.2, -0.15) is 0 Å². The third kappa shape index (κ3) is 5.82. The van der Waals surface area contributed by atoms with E-state index in [1.807, 2.05) is 6.07 Å². The molecular formula is C23H22ClN3O5S. The van der Waals surface area contributed by atoms with Gasteiger partial charge in [0.15, 0.2) is 0 Å². The molecule has 3 aromatic carbocycles. The quantitative estimate of drug-likeness (QED) is 0.448. The smallest absolute Gasteiger partial charge is 0.262 e. The summed E-state index contributed by atoms with van der Waals surface area (Å²) in [5.41, 5.74) is 2.08. The number of carbonyl (C=O) groups is 2. The van der Waals surface area contributed by atoms with Gasteiger partial charge in [0.25, 0.3) is 15.9 Å². The van der Waals surface area contributed by atoms with Crippen LogP contribution in [0.1, 0.15) is 22.8 Å². The Morgan fingerprint density at radius 1 is 0.909 bits per heavy atom. The van der Waals surface area contributed by atoms with Gasteiger partial charge in [0.1, 0.15) is 5.75 Å². The van der Waals surface area contributed by atoms with E-state index in [2.05, 4.69) is 15.4 Å². The highest BCUT2D eigenvalue weighted by molar-refractivity contribution is 7.92. The topological polar surface area (TPSA) is 114 Å². The summed E-state index contributed by atoms with van der Waals surface area (Å²) in [6.45, 7) is 3.06. The first kappa shape index (κ1) is 24.1. The van der Waals surface area contributed by atoms with Crippen molar-refractivity contribution in [1.82, 2.24) is 0 Å². The lowest BCUT2D eigenvalue weighted by molar-refractivity contribution is -0.114. The lowest BCUT2D eigenvalue weighted by atomic mass is 10.1. The van der Waals surface area contributed by atoms with Crippen LogP contribution in [0.5, 0.6) is 5.75 Å². The van der Waals surface area contributed by atoms with Gasteiger partial charge >= 0.3 is 0 Å². The van der Waals surface area contributed by atoms with E-state index in [0.29, 0.717) is 22.5 Å². The second-order valence-electron chi connectivity index (χ2n) is 7.12. The predicted octanol–water partition coefficient (Wildman–Crippen LogP) is 4.67. The minimum atomic E-state index is -4.02. The summed E-state index contributed by atoms with van der Waals surface area (Å²) in [6, 6.07) is 15.8. The highest BCUT2D eigenvalue weighted by Crippen LogP contribution is 2.34. The van der Waals surface area contributed by atoms with Crippen LogP contribution in [0.15, 0.2) is 65.6 Å². The van der Waals surface area contributed by atoms with E-state index in [9.17, 15) is 18.0 Å². The molecule has 0 spiro atoms. The molecule has 0 heterocycles. The molecule has 0 radical (unpaired) electrons. The summed E-state index contributed by atoms with van der Waals surface area (Å²) in [7, 11) is -2.63. The van der Waals surface area contributed by atoms with Gasteiger partial charge in [0, 0.05) is 24.2 Å². The molecule has 8 nitrogen and oxygen atoms in total. The number of nitrogens with one attached hydrogen (secondary N) is 3. The summed E-state index contributed by atoms with van der Waals surface area (Å²) < 4.78 is 33.7. The minimum absolute atomic E-state index is 0.0789. The number of aryl methyl sites for hydroxylation is 1. The first-order chi connectivity index (χ1) is 15.6. The van der Waals surface area contributed by atoms with E-state index in [1.54, 1.807) is 43.3 Å². The normalized spacial score (nSPS) is 10.9. The fourth-order valence-corrected chi connectivity index (χ4v) is 4.39. The second kappa shape index (κ2) is 9.93. The van der Waals surface area contributed by atoms with Gasteiger partial charge in [-0.25, -0.2) is 8.42 Å². The Kier molecular flexibility index (Phi) is 7.25. The number of ether oxygens (including phenoxy) is 1. The van der Waals surface area contributed by atoms with Crippen molar-refractivity contribution in [2.75, 3.05) is 22.5 Å². The number of sulfonamides is 1. The molecule has 0 fully saturated rings. The molecular weight excluding hydrogens is 466 g/mol. The summed E-state index contributed by atoms with van der Waals surface area (Å²) in [5, 5.41) is 5.40. The first-order valence-corrected chi connectivity index (χ1v) is 11.6. The molecule has 33 heavy (non-hydrogen) atoms. The Labute approximate surface area is 197 Å². The van der Waals surface area contributed by atoms with Crippen LogP contribution in [0.3, 0.4) is 0 Å². The standard InChI is InChI=1S/C23H22ClN3O5S/c1-14-11-21(22(32-3)13-20(14)26-23(29)16-7-5-4-6-8-16)27-33(30,31)17-9-10-19(18(24)12-17)25-15(2)28/h4-13,27H,1-3H3,(H,25,28)(H,26,29). The van der Waals surface area contributed by atoms with E-state index in [0.717, 1.165) is 0 Å². The SMILES string of the molecule is COc1cc(NC(=O)c2ccccc2)c(C)cc1NS(=O)(=O)c1ccc(NC(C)=O)c(Cl)c1. The molecule has 0 atom stereocenters. The van der Waals surface area contributed by atoms with Crippen LogP contribution < -0.4 is 20.1 Å². The second-order valence-corrected chi connectivity index (χ2v) is 9.21. The molecule has 0 saturated carbocycles. The third-order valence-corrected chi connectivity index (χ3v) is 6.31. The number of hydrogen-bond acceptors (Lipinski definition) is 5. The largest absolute Gasteiger partial charge is 0.494 e. The molecule has 172 valence electrons. The maximum Gasteiger partial charge on any atom is 0.262 e. The molecule has 10 heteroatoms. The summed E-state index contributed by atoms with van der Waals surface area (Å²) >= 11 is 6.11. The molecule has 0 saturated heterocycles. The van der Waals surface area contributed by atoms with Crippen molar-refractivity contribution >= 4 is 50.5 Å². The predicted molar refractivity (Wildman–Crippen MR) is 129 cm³/mol. The van der Waals surface area contributed by atoms with Crippen molar-refractivity contribution in [2.45, 2.75) is 18.7 Å². The molecule has 0 aromatic heterocycles. The van der Waals surface area contributed by atoms with Crippen LogP contribution in [-0.4, -0.2) is 27.3 Å². The molecule has 0 bridgehead atoms. The Balaban J connectivity index is 1.87. The summed E-state index contributed by atoms with van der Waals surface area (Å²) in [5.74, 6) is -0.415. The van der Waals surface area contributed by atoms with E-state index in [4.69, 9.17) is 16.3 Å². The highest BCUT2D eigenvalue weighted by Gasteiger charge is 2.20. The molecule has 2 amide bonds. The summed E-state index contributed by atoms with van der Waals surface area (Å²) in [4.78, 5) is 23.6. The van der Waals surface area contributed by atoms with Crippen LogP contribution >= 0.6 is 11.6 Å². The first-order valence-electron chi connectivity index (χ1n) is 9.75. The zero-order valence-electron chi connectivity index (χ0n) is 18.1. The van der Waals surface area contributed by atoms with Gasteiger partial charge in [-0.05, 0) is 48.9 Å². The van der Waals surface area contributed by atoms with Crippen LogP contribution in [0.2, 0.25) is 5.02 Å². The van der Waals surface area contributed by atoms with Crippen LogP contribution in [-0.2, 0) is 14.8 Å². The fourth-order valence-electron chi connectivity index (χ4n) is 3.01. The Hall–Kier alpha value is -3.56. The molecule has 0 unspecified atom stereocenters. The van der Waals surface area contributed by atoms with E-state index < -0.39 is 10.0 Å². The van der Waals surface area contributed by atoms with Crippen molar-refractivity contribution in [3.8, 4) is 5.75 Å². The fraction of sp³-hybridized carbons (Fsp3) is 0.130. The maximum atomic E-state index is 12.9. The molecule has 3 aromatic rings. The maximum absolute atomic E-state index is 12.9. The third-order valence-electron chi connectivity index (χ3n) is 4.64. The van der Waals surface area contributed by atoms with Gasteiger partial charge in [-0.3, -0.25) is 14.3 Å². The molecule has 3 rings (SSSR count). The number of methoxy groups -OCH3 is 1. The highest BCUT2D eigenvalue weighted by atomic mass is 35.5. The van der Waals surface area contributed by atoms with Crippen molar-refractivity contribution in [3.05, 3.63) is 76.8 Å². The average molecular weight is 488 g/mol. The van der Waals surface area contributed by atoms with Crippen molar-refractivity contribution in [3.63, 3.8) is 0 Å². The molecule has 0 aliphatic carbocycles.